The standard InChI is InChI=1S/C21H18F4N4O4S/c1-12-10-18(27-13(2)26-12)29-34(31,32)17-8-6-15(7-9-17)28-19(30)14-4-3-5-16(11-14)33-21(24,25)20(22)23/h3-11,20H,1-2H3,(H,28,30)(H,26,27,29). The van der Waals surface area contributed by atoms with E-state index in [-0.39, 0.29) is 22.0 Å². The average Bonchev–Trinajstić information content (AvgIpc) is 2.73. The second-order valence-electron chi connectivity index (χ2n) is 7.02. The first-order valence-electron chi connectivity index (χ1n) is 9.57. The van der Waals surface area contributed by atoms with Crippen LogP contribution in [0.2, 0.25) is 0 Å². The zero-order chi connectivity index (χ0) is 25.1. The van der Waals surface area contributed by atoms with Gasteiger partial charge in [0.2, 0.25) is 0 Å². The predicted octanol–water partition coefficient (Wildman–Crippen LogP) is 4.38. The Labute approximate surface area is 192 Å². The van der Waals surface area contributed by atoms with E-state index in [9.17, 15) is 30.8 Å². The molecule has 0 aliphatic carbocycles. The third-order valence-electron chi connectivity index (χ3n) is 4.23. The third kappa shape index (κ3) is 6.19. The normalized spacial score (nSPS) is 11.9. The SMILES string of the molecule is Cc1cc(NS(=O)(=O)c2ccc(NC(=O)c3cccc(OC(F)(F)C(F)F)c3)cc2)nc(C)n1. The van der Waals surface area contributed by atoms with E-state index in [1.54, 1.807) is 13.8 Å². The van der Waals surface area contributed by atoms with Crippen LogP contribution in [-0.2, 0) is 10.0 Å². The topological polar surface area (TPSA) is 110 Å². The third-order valence-corrected chi connectivity index (χ3v) is 5.60. The van der Waals surface area contributed by atoms with Gasteiger partial charge in [-0.3, -0.25) is 9.52 Å². The van der Waals surface area contributed by atoms with E-state index in [4.69, 9.17) is 0 Å². The van der Waals surface area contributed by atoms with E-state index in [0.29, 0.717) is 11.5 Å². The molecule has 0 aliphatic rings. The van der Waals surface area contributed by atoms with Crippen LogP contribution in [0.3, 0.4) is 0 Å². The van der Waals surface area contributed by atoms with E-state index in [1.165, 1.54) is 42.5 Å². The molecule has 180 valence electrons. The highest BCUT2D eigenvalue weighted by molar-refractivity contribution is 7.92. The summed E-state index contributed by atoms with van der Waals surface area (Å²) in [4.78, 5) is 20.4. The van der Waals surface area contributed by atoms with E-state index in [1.807, 2.05) is 0 Å². The number of amides is 1. The van der Waals surface area contributed by atoms with Gasteiger partial charge in [-0.25, -0.2) is 18.4 Å². The fourth-order valence-corrected chi connectivity index (χ4v) is 3.78. The number of anilines is 2. The summed E-state index contributed by atoms with van der Waals surface area (Å²) in [6.07, 6.45) is -8.76. The number of benzene rings is 2. The molecule has 0 aliphatic heterocycles. The number of nitrogens with one attached hydrogen (secondary N) is 2. The summed E-state index contributed by atoms with van der Waals surface area (Å²) in [5, 5.41) is 2.45. The van der Waals surface area contributed by atoms with E-state index >= 15 is 0 Å². The minimum atomic E-state index is -4.71. The fraction of sp³-hybridized carbons (Fsp3) is 0.190. The van der Waals surface area contributed by atoms with Crippen LogP contribution < -0.4 is 14.8 Å². The van der Waals surface area contributed by atoms with Gasteiger partial charge in [0.1, 0.15) is 17.4 Å². The van der Waals surface area contributed by atoms with Crippen molar-refractivity contribution in [3.63, 3.8) is 0 Å². The van der Waals surface area contributed by atoms with Gasteiger partial charge in [0.25, 0.3) is 15.9 Å². The Hall–Kier alpha value is -3.74. The summed E-state index contributed by atoms with van der Waals surface area (Å²) in [5.74, 6) is -0.891. The van der Waals surface area contributed by atoms with Gasteiger partial charge in [0.05, 0.1) is 4.90 Å². The van der Waals surface area contributed by atoms with Crippen LogP contribution in [0.1, 0.15) is 21.9 Å². The maximum atomic E-state index is 13.1. The van der Waals surface area contributed by atoms with Crippen LogP contribution in [0.25, 0.3) is 0 Å². The molecule has 0 saturated heterocycles. The number of aromatic nitrogens is 2. The van der Waals surface area contributed by atoms with Gasteiger partial charge in [-0.15, -0.1) is 0 Å². The lowest BCUT2D eigenvalue weighted by atomic mass is 10.2. The van der Waals surface area contributed by atoms with Crippen molar-refractivity contribution in [3.8, 4) is 5.75 Å². The number of hydrogen-bond donors (Lipinski definition) is 2. The van der Waals surface area contributed by atoms with Crippen molar-refractivity contribution in [2.45, 2.75) is 31.3 Å². The Kier molecular flexibility index (Phi) is 7.05. The first-order valence-corrected chi connectivity index (χ1v) is 11.1. The minimum Gasteiger partial charge on any atom is -0.428 e. The molecule has 1 aromatic heterocycles. The zero-order valence-corrected chi connectivity index (χ0v) is 18.5. The van der Waals surface area contributed by atoms with Crippen LogP contribution in [0.5, 0.6) is 5.75 Å². The molecule has 0 unspecified atom stereocenters. The maximum absolute atomic E-state index is 13.1. The highest BCUT2D eigenvalue weighted by atomic mass is 32.2. The van der Waals surface area contributed by atoms with Crippen molar-refractivity contribution in [1.29, 1.82) is 0 Å². The molecule has 3 rings (SSSR count). The number of aryl methyl sites for hydroxylation is 2. The van der Waals surface area contributed by atoms with Crippen LogP contribution in [0, 0.1) is 13.8 Å². The molecule has 3 aromatic rings. The van der Waals surface area contributed by atoms with Crippen molar-refractivity contribution >= 4 is 27.4 Å². The fourth-order valence-electron chi connectivity index (χ4n) is 2.79. The largest absolute Gasteiger partial charge is 0.461 e. The molecular weight excluding hydrogens is 480 g/mol. The molecule has 0 saturated carbocycles. The zero-order valence-electron chi connectivity index (χ0n) is 17.7. The molecule has 1 heterocycles. The van der Waals surface area contributed by atoms with Crippen molar-refractivity contribution in [3.05, 3.63) is 71.7 Å². The van der Waals surface area contributed by atoms with Gasteiger partial charge in [0.15, 0.2) is 0 Å². The van der Waals surface area contributed by atoms with Crippen LogP contribution in [0.4, 0.5) is 29.1 Å². The molecule has 0 bridgehead atoms. The van der Waals surface area contributed by atoms with Crippen LogP contribution in [-0.4, -0.2) is 36.8 Å². The Morgan fingerprint density at radius 3 is 2.32 bits per heavy atom. The Bertz CT molecular complexity index is 1280. The second-order valence-corrected chi connectivity index (χ2v) is 8.70. The summed E-state index contributed by atoms with van der Waals surface area (Å²) in [7, 11) is -3.98. The summed E-state index contributed by atoms with van der Waals surface area (Å²) in [5.41, 5.74) is 0.632. The summed E-state index contributed by atoms with van der Waals surface area (Å²) in [6.45, 7) is 3.31. The predicted molar refractivity (Wildman–Crippen MR) is 115 cm³/mol. The Morgan fingerprint density at radius 1 is 1.03 bits per heavy atom. The van der Waals surface area contributed by atoms with E-state index < -0.39 is 34.2 Å². The Balaban J connectivity index is 1.71. The van der Waals surface area contributed by atoms with E-state index in [2.05, 4.69) is 24.7 Å². The number of halogens is 4. The monoisotopic (exact) mass is 498 g/mol. The van der Waals surface area contributed by atoms with Crippen molar-refractivity contribution in [2.75, 3.05) is 10.0 Å². The first kappa shape index (κ1) is 24.9. The summed E-state index contributed by atoms with van der Waals surface area (Å²) >= 11 is 0. The van der Waals surface area contributed by atoms with Gasteiger partial charge in [-0.2, -0.15) is 17.6 Å². The van der Waals surface area contributed by atoms with Gasteiger partial charge in [0, 0.05) is 23.0 Å². The quantitative estimate of drug-likeness (QED) is 0.446. The first-order chi connectivity index (χ1) is 15.9. The minimum absolute atomic E-state index is 0.0990. The molecule has 0 spiro atoms. The molecule has 0 atom stereocenters. The number of hydrogen-bond acceptors (Lipinski definition) is 6. The van der Waals surface area contributed by atoms with Crippen LogP contribution >= 0.6 is 0 Å². The smallest absolute Gasteiger partial charge is 0.428 e. The number of ether oxygens (including phenoxy) is 1. The molecule has 2 N–H and O–H groups in total. The average molecular weight is 498 g/mol. The van der Waals surface area contributed by atoms with Gasteiger partial charge in [-0.1, -0.05) is 6.07 Å². The number of rotatable bonds is 8. The molecule has 2 aromatic carbocycles. The lowest BCUT2D eigenvalue weighted by Crippen LogP contribution is -2.33. The van der Waals surface area contributed by atoms with Gasteiger partial charge < -0.3 is 10.1 Å². The lowest BCUT2D eigenvalue weighted by molar-refractivity contribution is -0.253. The number of carbonyl (C=O) groups excluding carboxylic acids is 1. The molecular formula is C21H18F4N4O4S. The molecule has 13 heteroatoms. The van der Waals surface area contributed by atoms with E-state index in [0.717, 1.165) is 12.1 Å². The molecule has 1 amide bonds. The highest BCUT2D eigenvalue weighted by Crippen LogP contribution is 2.28. The van der Waals surface area contributed by atoms with Crippen molar-refractivity contribution < 1.29 is 35.5 Å². The molecule has 8 nitrogen and oxygen atoms in total. The lowest BCUT2D eigenvalue weighted by Gasteiger charge is -2.17. The van der Waals surface area contributed by atoms with Crippen molar-refractivity contribution in [1.82, 2.24) is 9.97 Å². The summed E-state index contributed by atoms with van der Waals surface area (Å²) in [6, 6.07) is 10.9. The number of nitrogens with zero attached hydrogens (tertiary/aromatic N) is 2. The molecule has 0 radical (unpaired) electrons. The maximum Gasteiger partial charge on any atom is 0.461 e. The number of sulfonamides is 1. The van der Waals surface area contributed by atoms with Gasteiger partial charge >= 0.3 is 12.5 Å². The van der Waals surface area contributed by atoms with Crippen molar-refractivity contribution in [2.24, 2.45) is 0 Å². The summed E-state index contributed by atoms with van der Waals surface area (Å²) < 4.78 is 82.3. The number of alkyl halides is 4. The molecule has 0 fully saturated rings. The highest BCUT2D eigenvalue weighted by Gasteiger charge is 2.44. The number of carbonyl (C=O) groups is 1. The Morgan fingerprint density at radius 2 is 1.71 bits per heavy atom. The van der Waals surface area contributed by atoms with Crippen LogP contribution in [0.15, 0.2) is 59.5 Å². The van der Waals surface area contributed by atoms with Gasteiger partial charge in [-0.05, 0) is 56.3 Å². The molecule has 34 heavy (non-hydrogen) atoms. The second kappa shape index (κ2) is 9.63.